The highest BCUT2D eigenvalue weighted by Gasteiger charge is 2.39. The fraction of sp³-hybridized carbons (Fsp3) is 0.647. The summed E-state index contributed by atoms with van der Waals surface area (Å²) >= 11 is 1.64. The second-order valence-corrected chi connectivity index (χ2v) is 8.29. The Kier molecular flexibility index (Phi) is 4.45. The maximum Gasteiger partial charge on any atom is 0.244 e. The Bertz CT molecular complexity index is 605. The first-order valence-electron chi connectivity index (χ1n) is 8.13. The molecule has 2 aliphatic rings. The molecule has 1 aromatic heterocycles. The van der Waals surface area contributed by atoms with E-state index in [2.05, 4.69) is 5.32 Å². The second-order valence-electron chi connectivity index (χ2n) is 7.29. The highest BCUT2D eigenvalue weighted by Crippen LogP contribution is 2.32. The largest absolute Gasteiger partial charge is 0.469 e. The van der Waals surface area contributed by atoms with Crippen molar-refractivity contribution in [1.29, 1.82) is 0 Å². The average Bonchev–Trinajstić information content (AvgIpc) is 3.14. The first-order valence-corrected chi connectivity index (χ1v) is 9.29. The molecule has 1 aliphatic heterocycles. The fourth-order valence-corrected chi connectivity index (χ4v) is 4.35. The van der Waals surface area contributed by atoms with Crippen LogP contribution in [0.15, 0.2) is 16.7 Å². The maximum atomic E-state index is 12.7. The van der Waals surface area contributed by atoms with Gasteiger partial charge < -0.3 is 14.6 Å². The lowest BCUT2D eigenvalue weighted by Crippen LogP contribution is -2.51. The van der Waals surface area contributed by atoms with E-state index in [1.807, 2.05) is 26.8 Å². The first-order chi connectivity index (χ1) is 10.9. The van der Waals surface area contributed by atoms with Crippen LogP contribution in [-0.4, -0.2) is 34.4 Å². The number of hydrogen-bond acceptors (Lipinski definition) is 4. The van der Waals surface area contributed by atoms with Crippen LogP contribution in [-0.2, 0) is 16.0 Å². The maximum absolute atomic E-state index is 12.7. The quantitative estimate of drug-likeness (QED) is 0.902. The van der Waals surface area contributed by atoms with Gasteiger partial charge >= 0.3 is 0 Å². The van der Waals surface area contributed by atoms with Gasteiger partial charge in [-0.3, -0.25) is 9.59 Å². The average molecular weight is 336 g/mol. The number of furan rings is 1. The van der Waals surface area contributed by atoms with Crippen molar-refractivity contribution in [1.82, 2.24) is 10.2 Å². The predicted molar refractivity (Wildman–Crippen MR) is 89.9 cm³/mol. The lowest BCUT2D eigenvalue weighted by molar-refractivity contribution is -0.144. The number of rotatable bonds is 2. The number of hydrogen-bond donors (Lipinski definition) is 1. The third-order valence-corrected chi connectivity index (χ3v) is 5.47. The van der Waals surface area contributed by atoms with Crippen molar-refractivity contribution < 1.29 is 14.0 Å². The van der Waals surface area contributed by atoms with E-state index < -0.39 is 5.41 Å². The van der Waals surface area contributed by atoms with E-state index in [0.717, 1.165) is 30.6 Å². The van der Waals surface area contributed by atoms with Crippen LogP contribution < -0.4 is 5.32 Å². The molecule has 0 saturated carbocycles. The van der Waals surface area contributed by atoms with Crippen LogP contribution in [0.2, 0.25) is 0 Å². The van der Waals surface area contributed by atoms with Crippen LogP contribution in [0.25, 0.3) is 0 Å². The second kappa shape index (κ2) is 6.23. The van der Waals surface area contributed by atoms with Crippen molar-refractivity contribution in [3.63, 3.8) is 0 Å². The summed E-state index contributed by atoms with van der Waals surface area (Å²) in [5.41, 5.74) is 0.621. The van der Waals surface area contributed by atoms with Crippen LogP contribution in [0, 0.1) is 5.41 Å². The topological polar surface area (TPSA) is 62.6 Å². The molecule has 2 amide bonds. The van der Waals surface area contributed by atoms with Crippen LogP contribution in [0.4, 0.5) is 0 Å². The summed E-state index contributed by atoms with van der Waals surface area (Å²) in [6.07, 6.45) is 4.56. The smallest absolute Gasteiger partial charge is 0.244 e. The van der Waals surface area contributed by atoms with E-state index in [0.29, 0.717) is 11.6 Å². The summed E-state index contributed by atoms with van der Waals surface area (Å²) in [5, 5.41) is 3.13. The van der Waals surface area contributed by atoms with E-state index in [-0.39, 0.29) is 23.9 Å². The van der Waals surface area contributed by atoms with Gasteiger partial charge in [0.2, 0.25) is 11.8 Å². The highest BCUT2D eigenvalue weighted by atomic mass is 32.2. The van der Waals surface area contributed by atoms with E-state index in [1.54, 1.807) is 22.9 Å². The van der Waals surface area contributed by atoms with Crippen molar-refractivity contribution in [2.75, 3.05) is 11.6 Å². The molecular weight excluding hydrogens is 312 g/mol. The summed E-state index contributed by atoms with van der Waals surface area (Å²) in [5.74, 6) is 2.22. The molecule has 0 radical (unpaired) electrons. The van der Waals surface area contributed by atoms with E-state index in [1.165, 1.54) is 0 Å². The summed E-state index contributed by atoms with van der Waals surface area (Å²) in [6.45, 7) is 5.69. The number of thioether (sulfide) groups is 1. The van der Waals surface area contributed by atoms with Gasteiger partial charge in [-0.25, -0.2) is 0 Å². The van der Waals surface area contributed by atoms with Crippen LogP contribution in [0.1, 0.15) is 51.0 Å². The van der Waals surface area contributed by atoms with Gasteiger partial charge in [0, 0.05) is 23.2 Å². The lowest BCUT2D eigenvalue weighted by atomic mass is 9.92. The molecule has 2 heterocycles. The number of amides is 2. The van der Waals surface area contributed by atoms with E-state index >= 15 is 0 Å². The molecule has 6 heteroatoms. The molecule has 1 N–H and O–H groups in total. The van der Waals surface area contributed by atoms with Gasteiger partial charge in [0.05, 0.1) is 18.2 Å². The molecule has 2 atom stereocenters. The number of fused-ring (bicyclic) bond motifs is 1. The van der Waals surface area contributed by atoms with Gasteiger partial charge in [-0.15, -0.1) is 11.8 Å². The molecule has 0 aromatic carbocycles. The van der Waals surface area contributed by atoms with Crippen molar-refractivity contribution in [3.05, 3.63) is 23.7 Å². The van der Waals surface area contributed by atoms with Crippen LogP contribution in [0.5, 0.6) is 0 Å². The third kappa shape index (κ3) is 3.27. The lowest BCUT2D eigenvalue weighted by Gasteiger charge is -2.31. The molecule has 0 bridgehead atoms. The molecule has 126 valence electrons. The molecule has 23 heavy (non-hydrogen) atoms. The number of aryl methyl sites for hydroxylation is 1. The van der Waals surface area contributed by atoms with Crippen molar-refractivity contribution >= 4 is 23.6 Å². The zero-order valence-electron chi connectivity index (χ0n) is 13.9. The Balaban J connectivity index is 1.70. The molecule has 1 aliphatic carbocycles. The molecule has 1 saturated heterocycles. The number of nitrogens with zero attached hydrogens (tertiary/aromatic N) is 1. The molecule has 0 unspecified atom stereocenters. The first kappa shape index (κ1) is 16.4. The minimum absolute atomic E-state index is 0.00203. The van der Waals surface area contributed by atoms with E-state index in [4.69, 9.17) is 4.42 Å². The standard InChI is InChI=1S/C17H24N2O3S/c1-17(2,3)16(21)19-10-23-9-13(19)15(20)18-12-5-4-6-14-11(12)7-8-22-14/h7-8,12-13H,4-6,9-10H2,1-3H3,(H,18,20)/t12-,13-/m0/s1. The van der Waals surface area contributed by atoms with E-state index in [9.17, 15) is 9.59 Å². The monoisotopic (exact) mass is 336 g/mol. The van der Waals surface area contributed by atoms with Gasteiger partial charge in [0.1, 0.15) is 11.8 Å². The number of nitrogens with one attached hydrogen (secondary N) is 1. The normalized spacial score (nSPS) is 24.4. The van der Waals surface area contributed by atoms with Gasteiger partial charge in [-0.2, -0.15) is 0 Å². The van der Waals surface area contributed by atoms with Crippen LogP contribution >= 0.6 is 11.8 Å². The van der Waals surface area contributed by atoms with Gasteiger partial charge in [0.15, 0.2) is 0 Å². The van der Waals surface area contributed by atoms with Crippen molar-refractivity contribution in [2.24, 2.45) is 5.41 Å². The SMILES string of the molecule is CC(C)(C)C(=O)N1CSC[C@H]1C(=O)N[C@H]1CCCc2occc21. The Morgan fingerprint density at radius 3 is 2.91 bits per heavy atom. The summed E-state index contributed by atoms with van der Waals surface area (Å²) < 4.78 is 5.48. The Hall–Kier alpha value is -1.43. The van der Waals surface area contributed by atoms with Crippen LogP contribution in [0.3, 0.4) is 0 Å². The molecule has 0 spiro atoms. The molecule has 1 aromatic rings. The minimum Gasteiger partial charge on any atom is -0.469 e. The van der Waals surface area contributed by atoms with Gasteiger partial charge in [0.25, 0.3) is 0 Å². The van der Waals surface area contributed by atoms with Gasteiger partial charge in [-0.1, -0.05) is 20.8 Å². The predicted octanol–water partition coefficient (Wildman–Crippen LogP) is 2.72. The Morgan fingerprint density at radius 2 is 2.17 bits per heavy atom. The minimum atomic E-state index is -0.466. The number of carbonyl (C=O) groups is 2. The molecule has 5 nitrogen and oxygen atoms in total. The molecule has 3 rings (SSSR count). The summed E-state index contributed by atoms with van der Waals surface area (Å²) in [6, 6.07) is 1.58. The Labute approximate surface area is 141 Å². The van der Waals surface area contributed by atoms with Crippen molar-refractivity contribution in [3.8, 4) is 0 Å². The molecule has 1 fully saturated rings. The highest BCUT2D eigenvalue weighted by molar-refractivity contribution is 7.99. The molecular formula is C17H24N2O3S. The number of carbonyl (C=O) groups excluding carboxylic acids is 2. The summed E-state index contributed by atoms with van der Waals surface area (Å²) in [4.78, 5) is 27.0. The zero-order valence-corrected chi connectivity index (χ0v) is 14.7. The summed E-state index contributed by atoms with van der Waals surface area (Å²) in [7, 11) is 0. The third-order valence-electron chi connectivity index (χ3n) is 4.46. The van der Waals surface area contributed by atoms with Crippen molar-refractivity contribution in [2.45, 2.75) is 52.1 Å². The zero-order chi connectivity index (χ0) is 16.6. The fourth-order valence-electron chi connectivity index (χ4n) is 3.20. The van der Waals surface area contributed by atoms with Gasteiger partial charge in [-0.05, 0) is 18.9 Å². The Morgan fingerprint density at radius 1 is 1.39 bits per heavy atom.